The summed E-state index contributed by atoms with van der Waals surface area (Å²) in [7, 11) is 1.97. The topological polar surface area (TPSA) is 27.1 Å². The van der Waals surface area contributed by atoms with Crippen molar-refractivity contribution in [1.82, 2.24) is 9.78 Å². The van der Waals surface area contributed by atoms with Gasteiger partial charge >= 0.3 is 0 Å². The molecule has 0 N–H and O–H groups in total. The van der Waals surface area contributed by atoms with E-state index in [1.54, 1.807) is 0 Å². The van der Waals surface area contributed by atoms with Gasteiger partial charge in [0.15, 0.2) is 0 Å². The summed E-state index contributed by atoms with van der Waals surface area (Å²) in [5.74, 6) is 0. The van der Waals surface area contributed by atoms with Crippen LogP contribution in [-0.4, -0.2) is 16.4 Å². The van der Waals surface area contributed by atoms with Crippen molar-refractivity contribution in [3.8, 4) is 0 Å². The third kappa shape index (κ3) is 3.59. The number of aromatic nitrogens is 2. The first-order chi connectivity index (χ1) is 7.70. The number of hydrogen-bond donors (Lipinski definition) is 0. The molecular weight excluding hydrogens is 268 g/mol. The molecule has 0 saturated carbocycles. The zero-order valence-electron chi connectivity index (χ0n) is 10.4. The Morgan fingerprint density at radius 2 is 2.06 bits per heavy atom. The maximum atomic E-state index is 5.65. The van der Waals surface area contributed by atoms with Gasteiger partial charge < -0.3 is 4.74 Å². The molecule has 16 heavy (non-hydrogen) atoms. The number of aryl methyl sites for hydroxylation is 2. The van der Waals surface area contributed by atoms with E-state index in [1.165, 1.54) is 12.8 Å². The average molecular weight is 289 g/mol. The molecule has 0 saturated heterocycles. The van der Waals surface area contributed by atoms with E-state index in [0.717, 1.165) is 35.3 Å². The highest BCUT2D eigenvalue weighted by molar-refractivity contribution is 9.10. The van der Waals surface area contributed by atoms with Crippen LogP contribution in [0, 0.1) is 0 Å². The number of halogens is 1. The second-order valence-electron chi connectivity index (χ2n) is 3.94. The van der Waals surface area contributed by atoms with Crippen LogP contribution in [0.5, 0.6) is 0 Å². The molecule has 0 radical (unpaired) electrons. The molecule has 1 rings (SSSR count). The van der Waals surface area contributed by atoms with Gasteiger partial charge in [-0.2, -0.15) is 5.10 Å². The molecule has 0 aliphatic heterocycles. The van der Waals surface area contributed by atoms with E-state index in [1.807, 2.05) is 11.7 Å². The lowest BCUT2D eigenvalue weighted by Crippen LogP contribution is -2.02. The molecule has 0 atom stereocenters. The van der Waals surface area contributed by atoms with Crippen LogP contribution in [0.1, 0.15) is 44.5 Å². The molecular formula is C12H21BrN2O. The van der Waals surface area contributed by atoms with Crippen molar-refractivity contribution in [1.29, 1.82) is 0 Å². The second-order valence-corrected chi connectivity index (χ2v) is 4.74. The Labute approximate surface area is 106 Å². The zero-order chi connectivity index (χ0) is 12.0. The van der Waals surface area contributed by atoms with E-state index in [2.05, 4.69) is 34.9 Å². The Morgan fingerprint density at radius 3 is 2.62 bits per heavy atom. The molecule has 4 heteroatoms. The maximum absolute atomic E-state index is 5.65. The third-order valence-corrected chi connectivity index (χ3v) is 3.55. The molecule has 0 amide bonds. The Balaban J connectivity index is 2.44. The van der Waals surface area contributed by atoms with E-state index in [9.17, 15) is 0 Å². The fourth-order valence-electron chi connectivity index (χ4n) is 1.60. The highest BCUT2D eigenvalue weighted by atomic mass is 79.9. The van der Waals surface area contributed by atoms with Gasteiger partial charge in [-0.3, -0.25) is 4.68 Å². The van der Waals surface area contributed by atoms with Crippen LogP contribution in [0.3, 0.4) is 0 Å². The average Bonchev–Trinajstić information content (AvgIpc) is 2.55. The predicted octanol–water partition coefficient (Wildman–Crippen LogP) is 3.45. The van der Waals surface area contributed by atoms with Crippen molar-refractivity contribution in [3.63, 3.8) is 0 Å². The lowest BCUT2D eigenvalue weighted by molar-refractivity contribution is 0.111. The summed E-state index contributed by atoms with van der Waals surface area (Å²) < 4.78 is 8.66. The summed E-state index contributed by atoms with van der Waals surface area (Å²) in [6, 6.07) is 0. The minimum Gasteiger partial charge on any atom is -0.375 e. The number of rotatable bonds is 7. The lowest BCUT2D eigenvalue weighted by atomic mass is 10.3. The predicted molar refractivity (Wildman–Crippen MR) is 69.5 cm³/mol. The van der Waals surface area contributed by atoms with Crippen LogP contribution in [0.2, 0.25) is 0 Å². The zero-order valence-corrected chi connectivity index (χ0v) is 12.0. The van der Waals surface area contributed by atoms with Gasteiger partial charge in [0.25, 0.3) is 0 Å². The quantitative estimate of drug-likeness (QED) is 0.719. The van der Waals surface area contributed by atoms with Crippen molar-refractivity contribution < 1.29 is 4.74 Å². The molecule has 92 valence electrons. The summed E-state index contributed by atoms with van der Waals surface area (Å²) in [6.45, 7) is 5.80. The van der Waals surface area contributed by atoms with Gasteiger partial charge in [-0.25, -0.2) is 0 Å². The van der Waals surface area contributed by atoms with Crippen LogP contribution in [0.4, 0.5) is 0 Å². The highest BCUT2D eigenvalue weighted by Gasteiger charge is 2.11. The van der Waals surface area contributed by atoms with Crippen LogP contribution in [0.15, 0.2) is 4.47 Å². The molecule has 0 fully saturated rings. The van der Waals surface area contributed by atoms with Crippen molar-refractivity contribution >= 4 is 15.9 Å². The standard InChI is InChI=1S/C12H21BrN2O/c1-4-6-7-8-16-9-11-12(13)10(5-2)14-15(11)3/h4-9H2,1-3H3. The van der Waals surface area contributed by atoms with E-state index in [4.69, 9.17) is 4.74 Å². The Morgan fingerprint density at radius 1 is 1.31 bits per heavy atom. The van der Waals surface area contributed by atoms with E-state index < -0.39 is 0 Å². The smallest absolute Gasteiger partial charge is 0.0896 e. The highest BCUT2D eigenvalue weighted by Crippen LogP contribution is 2.22. The summed E-state index contributed by atoms with van der Waals surface area (Å²) in [6.07, 6.45) is 4.57. The summed E-state index contributed by atoms with van der Waals surface area (Å²) in [5, 5.41) is 4.43. The fraction of sp³-hybridized carbons (Fsp3) is 0.750. The molecule has 0 spiro atoms. The van der Waals surface area contributed by atoms with Crippen LogP contribution < -0.4 is 0 Å². The molecule has 3 nitrogen and oxygen atoms in total. The second kappa shape index (κ2) is 7.07. The lowest BCUT2D eigenvalue weighted by Gasteiger charge is -2.04. The molecule has 0 aromatic carbocycles. The maximum Gasteiger partial charge on any atom is 0.0896 e. The molecule has 0 aliphatic carbocycles. The summed E-state index contributed by atoms with van der Waals surface area (Å²) in [5.41, 5.74) is 2.24. The van der Waals surface area contributed by atoms with Gasteiger partial charge in [0, 0.05) is 13.7 Å². The molecule has 1 aromatic rings. The van der Waals surface area contributed by atoms with Crippen molar-refractivity contribution in [3.05, 3.63) is 15.9 Å². The van der Waals surface area contributed by atoms with E-state index in [0.29, 0.717) is 6.61 Å². The minimum absolute atomic E-state index is 0.647. The first-order valence-corrected chi connectivity index (χ1v) is 6.78. The third-order valence-electron chi connectivity index (χ3n) is 2.63. The SMILES string of the molecule is CCCCCOCc1c(Br)c(CC)nn1C. The van der Waals surface area contributed by atoms with Crippen molar-refractivity contribution in [2.75, 3.05) is 6.61 Å². The molecule has 0 bridgehead atoms. The van der Waals surface area contributed by atoms with Gasteiger partial charge in [-0.1, -0.05) is 26.7 Å². The molecule has 1 aromatic heterocycles. The van der Waals surface area contributed by atoms with Gasteiger partial charge in [0.05, 0.1) is 22.5 Å². The van der Waals surface area contributed by atoms with Crippen molar-refractivity contribution in [2.24, 2.45) is 7.05 Å². The van der Waals surface area contributed by atoms with E-state index >= 15 is 0 Å². The summed E-state index contributed by atoms with van der Waals surface area (Å²) in [4.78, 5) is 0. The van der Waals surface area contributed by atoms with Crippen LogP contribution in [-0.2, 0) is 24.8 Å². The van der Waals surface area contributed by atoms with Gasteiger partial charge in [0.1, 0.15) is 0 Å². The first-order valence-electron chi connectivity index (χ1n) is 5.98. The number of ether oxygens (including phenoxy) is 1. The largest absolute Gasteiger partial charge is 0.375 e. The van der Waals surface area contributed by atoms with Gasteiger partial charge in [-0.15, -0.1) is 0 Å². The van der Waals surface area contributed by atoms with Crippen LogP contribution in [0.25, 0.3) is 0 Å². The first kappa shape index (κ1) is 13.7. The number of nitrogens with zero attached hydrogens (tertiary/aromatic N) is 2. The van der Waals surface area contributed by atoms with E-state index in [-0.39, 0.29) is 0 Å². The summed E-state index contributed by atoms with van der Waals surface area (Å²) >= 11 is 3.58. The normalized spacial score (nSPS) is 11.0. The number of unbranched alkanes of at least 4 members (excludes halogenated alkanes) is 2. The number of hydrogen-bond acceptors (Lipinski definition) is 2. The monoisotopic (exact) mass is 288 g/mol. The minimum atomic E-state index is 0.647. The molecule has 0 aliphatic rings. The Bertz CT molecular complexity index is 323. The molecule has 1 heterocycles. The van der Waals surface area contributed by atoms with Crippen LogP contribution >= 0.6 is 15.9 Å². The van der Waals surface area contributed by atoms with Crippen molar-refractivity contribution in [2.45, 2.75) is 46.1 Å². The fourth-order valence-corrected chi connectivity index (χ4v) is 2.33. The Kier molecular flexibility index (Phi) is 6.06. The molecule has 0 unspecified atom stereocenters. The van der Waals surface area contributed by atoms with Gasteiger partial charge in [0.2, 0.25) is 0 Å². The van der Waals surface area contributed by atoms with Gasteiger partial charge in [-0.05, 0) is 28.8 Å². The Hall–Kier alpha value is -0.350.